The van der Waals surface area contributed by atoms with E-state index in [-0.39, 0.29) is 17.8 Å². The van der Waals surface area contributed by atoms with Gasteiger partial charge in [-0.25, -0.2) is 0 Å². The van der Waals surface area contributed by atoms with E-state index < -0.39 is 0 Å². The van der Waals surface area contributed by atoms with Crippen molar-refractivity contribution in [1.29, 1.82) is 0 Å². The molecule has 4 heteroatoms. The number of allylic oxidation sites excluding steroid dienone is 1. The van der Waals surface area contributed by atoms with Crippen LogP contribution in [0.5, 0.6) is 0 Å². The van der Waals surface area contributed by atoms with Crippen LogP contribution < -0.4 is 0 Å². The Morgan fingerprint density at radius 1 is 1.00 bits per heavy atom. The summed E-state index contributed by atoms with van der Waals surface area (Å²) >= 11 is 0. The van der Waals surface area contributed by atoms with Crippen molar-refractivity contribution in [2.75, 3.05) is 19.8 Å². The smallest absolute Gasteiger partial charge is 0.172 e. The molecule has 3 rings (SSSR count). The fourth-order valence-electron chi connectivity index (χ4n) is 4.60. The zero-order valence-corrected chi connectivity index (χ0v) is 14.2. The van der Waals surface area contributed by atoms with Crippen molar-refractivity contribution in [1.82, 2.24) is 0 Å². The molecule has 3 fully saturated rings. The number of aliphatic hydroxyl groups excluding tert-OH is 2. The van der Waals surface area contributed by atoms with Crippen LogP contribution in [-0.2, 0) is 9.47 Å². The van der Waals surface area contributed by atoms with E-state index in [0.717, 1.165) is 32.1 Å². The minimum atomic E-state index is -0.344. The third kappa shape index (κ3) is 3.81. The predicted octanol–water partition coefficient (Wildman–Crippen LogP) is 3.03. The summed E-state index contributed by atoms with van der Waals surface area (Å²) in [4.78, 5) is 0. The normalized spacial score (nSPS) is 35.0. The van der Waals surface area contributed by atoms with Gasteiger partial charge in [0.1, 0.15) is 0 Å². The average Bonchev–Trinajstić information content (AvgIpc) is 3.13. The fraction of sp³-hybridized carbons (Fsp3) is 0.895. The van der Waals surface area contributed by atoms with Gasteiger partial charge in [-0.2, -0.15) is 0 Å². The van der Waals surface area contributed by atoms with Crippen LogP contribution in [0.15, 0.2) is 12.2 Å². The molecule has 2 saturated carbocycles. The lowest BCUT2D eigenvalue weighted by Gasteiger charge is -2.48. The van der Waals surface area contributed by atoms with Crippen molar-refractivity contribution in [2.24, 2.45) is 17.8 Å². The van der Waals surface area contributed by atoms with Gasteiger partial charge in [-0.05, 0) is 31.6 Å². The fourth-order valence-corrected chi connectivity index (χ4v) is 4.60. The molecule has 0 aromatic rings. The van der Waals surface area contributed by atoms with Crippen molar-refractivity contribution in [2.45, 2.75) is 69.7 Å². The van der Waals surface area contributed by atoms with E-state index in [2.05, 4.69) is 12.2 Å². The zero-order valence-electron chi connectivity index (χ0n) is 14.2. The molecule has 0 aromatic carbocycles. The summed E-state index contributed by atoms with van der Waals surface area (Å²) in [6.45, 7) is 1.74. The molecule has 1 aliphatic heterocycles. The third-order valence-corrected chi connectivity index (χ3v) is 5.94. The second-order valence-electron chi connectivity index (χ2n) is 7.44. The van der Waals surface area contributed by atoms with Gasteiger partial charge >= 0.3 is 0 Å². The molecule has 3 aliphatic rings. The van der Waals surface area contributed by atoms with Crippen LogP contribution in [-0.4, -0.2) is 41.9 Å². The van der Waals surface area contributed by atoms with Crippen molar-refractivity contribution in [3.8, 4) is 0 Å². The van der Waals surface area contributed by atoms with E-state index in [1.54, 1.807) is 0 Å². The summed E-state index contributed by atoms with van der Waals surface area (Å²) in [6, 6.07) is 0. The Balaban J connectivity index is 1.31. The van der Waals surface area contributed by atoms with E-state index in [9.17, 15) is 5.11 Å². The van der Waals surface area contributed by atoms with Gasteiger partial charge in [0.05, 0.1) is 19.3 Å². The summed E-state index contributed by atoms with van der Waals surface area (Å²) in [5, 5.41) is 19.2. The Morgan fingerprint density at radius 2 is 1.70 bits per heavy atom. The van der Waals surface area contributed by atoms with Gasteiger partial charge in [0.2, 0.25) is 0 Å². The van der Waals surface area contributed by atoms with Gasteiger partial charge < -0.3 is 19.7 Å². The SMILES string of the molecule is OCCCCCCCCC=C[C@H]1C[C@H]2[C@@H](CC23OCCO3)C1O. The number of ether oxygens (including phenoxy) is 2. The largest absolute Gasteiger partial charge is 0.396 e. The molecule has 0 amide bonds. The van der Waals surface area contributed by atoms with Crippen LogP contribution >= 0.6 is 0 Å². The van der Waals surface area contributed by atoms with Crippen LogP contribution in [0.2, 0.25) is 0 Å². The Kier molecular flexibility index (Phi) is 6.13. The molecule has 23 heavy (non-hydrogen) atoms. The highest BCUT2D eigenvalue weighted by molar-refractivity contribution is 5.12. The highest BCUT2D eigenvalue weighted by atomic mass is 16.7. The number of hydrogen-bond donors (Lipinski definition) is 2. The predicted molar refractivity (Wildman–Crippen MR) is 88.9 cm³/mol. The molecule has 0 radical (unpaired) electrons. The number of aliphatic hydroxyl groups is 2. The first-order chi connectivity index (χ1) is 11.3. The first-order valence-electron chi connectivity index (χ1n) is 9.50. The molecule has 1 heterocycles. The molecule has 2 aliphatic carbocycles. The molecule has 0 bridgehead atoms. The highest BCUT2D eigenvalue weighted by Crippen LogP contribution is 2.59. The van der Waals surface area contributed by atoms with Crippen molar-refractivity contribution in [3.05, 3.63) is 12.2 Å². The van der Waals surface area contributed by atoms with Crippen LogP contribution in [0, 0.1) is 17.8 Å². The van der Waals surface area contributed by atoms with E-state index in [0.29, 0.717) is 31.7 Å². The van der Waals surface area contributed by atoms with Gasteiger partial charge in [0.15, 0.2) is 5.79 Å². The maximum atomic E-state index is 10.5. The van der Waals surface area contributed by atoms with Crippen LogP contribution in [0.3, 0.4) is 0 Å². The minimum absolute atomic E-state index is 0.215. The third-order valence-electron chi connectivity index (χ3n) is 5.94. The number of rotatable bonds is 9. The monoisotopic (exact) mass is 324 g/mol. The minimum Gasteiger partial charge on any atom is -0.396 e. The lowest BCUT2D eigenvalue weighted by molar-refractivity contribution is -0.275. The highest BCUT2D eigenvalue weighted by Gasteiger charge is 2.64. The van der Waals surface area contributed by atoms with Gasteiger partial charge in [0, 0.05) is 24.9 Å². The van der Waals surface area contributed by atoms with Crippen molar-refractivity contribution in [3.63, 3.8) is 0 Å². The quantitative estimate of drug-likeness (QED) is 0.505. The summed E-state index contributed by atoms with van der Waals surface area (Å²) in [7, 11) is 0. The summed E-state index contributed by atoms with van der Waals surface area (Å²) in [6.07, 6.45) is 14.3. The van der Waals surface area contributed by atoms with E-state index in [4.69, 9.17) is 14.6 Å². The lowest BCUT2D eigenvalue weighted by Crippen LogP contribution is -2.54. The standard InChI is InChI=1S/C19H32O4/c20-10-8-6-4-2-1-3-5-7-9-15-13-17-16(18(15)21)14-19(17)22-11-12-23-19/h7,9,15-18,20-21H,1-6,8,10-14H2/t15-,16+,17-,18?/m0/s1. The number of hydrogen-bond acceptors (Lipinski definition) is 4. The van der Waals surface area contributed by atoms with Crippen LogP contribution in [0.25, 0.3) is 0 Å². The van der Waals surface area contributed by atoms with Gasteiger partial charge in [-0.3, -0.25) is 0 Å². The Labute approximate surface area is 139 Å². The van der Waals surface area contributed by atoms with E-state index in [1.807, 2.05) is 0 Å². The zero-order chi connectivity index (χ0) is 16.1. The number of unbranched alkanes of at least 4 members (excludes halogenated alkanes) is 6. The second kappa shape index (κ2) is 8.11. The Hall–Kier alpha value is -0.420. The maximum absolute atomic E-state index is 10.5. The van der Waals surface area contributed by atoms with Gasteiger partial charge in [-0.1, -0.05) is 37.8 Å². The van der Waals surface area contributed by atoms with Crippen molar-refractivity contribution >= 4 is 0 Å². The molecule has 0 aromatic heterocycles. The molecule has 2 N–H and O–H groups in total. The van der Waals surface area contributed by atoms with Gasteiger partial charge in [0.25, 0.3) is 0 Å². The summed E-state index contributed by atoms with van der Waals surface area (Å²) in [5.74, 6) is 0.695. The topological polar surface area (TPSA) is 58.9 Å². The Bertz CT molecular complexity index is 389. The maximum Gasteiger partial charge on any atom is 0.172 e. The van der Waals surface area contributed by atoms with Crippen molar-refractivity contribution < 1.29 is 19.7 Å². The molecular formula is C19H32O4. The van der Waals surface area contributed by atoms with Crippen LogP contribution in [0.4, 0.5) is 0 Å². The van der Waals surface area contributed by atoms with E-state index >= 15 is 0 Å². The first-order valence-corrected chi connectivity index (χ1v) is 9.50. The molecule has 132 valence electrons. The molecular weight excluding hydrogens is 292 g/mol. The average molecular weight is 324 g/mol. The number of fused-ring (bicyclic) bond motifs is 2. The summed E-state index contributed by atoms with van der Waals surface area (Å²) < 4.78 is 11.6. The summed E-state index contributed by atoms with van der Waals surface area (Å²) in [5.41, 5.74) is 0. The molecule has 4 atom stereocenters. The second-order valence-corrected chi connectivity index (χ2v) is 7.44. The van der Waals surface area contributed by atoms with E-state index in [1.165, 1.54) is 25.7 Å². The van der Waals surface area contributed by atoms with Gasteiger partial charge in [-0.15, -0.1) is 0 Å². The Morgan fingerprint density at radius 3 is 2.43 bits per heavy atom. The molecule has 4 nitrogen and oxygen atoms in total. The first kappa shape index (κ1) is 17.4. The molecule has 1 saturated heterocycles. The molecule has 1 spiro atoms. The van der Waals surface area contributed by atoms with Crippen LogP contribution in [0.1, 0.15) is 57.8 Å². The lowest BCUT2D eigenvalue weighted by atomic mass is 9.69. The molecule has 1 unspecified atom stereocenters.